The fourth-order valence-corrected chi connectivity index (χ4v) is 1.11. The van der Waals surface area contributed by atoms with Gasteiger partial charge in [-0.15, -0.1) is 0 Å². The first-order chi connectivity index (χ1) is 4.72. The molecule has 10 heavy (non-hydrogen) atoms. The maximum absolute atomic E-state index is 3.45. The van der Waals surface area contributed by atoms with Gasteiger partial charge in [-0.2, -0.15) is 0 Å². The lowest BCUT2D eigenvalue weighted by Crippen LogP contribution is -2.33. The van der Waals surface area contributed by atoms with Gasteiger partial charge in [-0.25, -0.2) is 0 Å². The summed E-state index contributed by atoms with van der Waals surface area (Å²) < 4.78 is 0. The van der Waals surface area contributed by atoms with Crippen molar-refractivity contribution in [2.24, 2.45) is 5.92 Å². The highest BCUT2D eigenvalue weighted by molar-refractivity contribution is 6.33. The Morgan fingerprint density at radius 1 is 1.40 bits per heavy atom. The smallest absolute Gasteiger partial charge is 0.107 e. The number of hydrogen-bond acceptors (Lipinski definition) is 1. The molecule has 0 aromatic rings. The standard InChI is InChI=1S/C8H19BN/c1-5-10-8(6-9-4)7(2)3/h7-8,10H,5-6H2,1-4H3. The SMILES string of the molecule is C[B]CC(NCC)C(C)C. The summed E-state index contributed by atoms with van der Waals surface area (Å²) in [5, 5.41) is 3.45. The van der Waals surface area contributed by atoms with E-state index >= 15 is 0 Å². The fourth-order valence-electron chi connectivity index (χ4n) is 1.11. The third kappa shape index (κ3) is 3.94. The van der Waals surface area contributed by atoms with E-state index in [-0.39, 0.29) is 0 Å². The highest BCUT2D eigenvalue weighted by atomic mass is 14.9. The van der Waals surface area contributed by atoms with E-state index < -0.39 is 0 Å². The molecule has 0 heterocycles. The van der Waals surface area contributed by atoms with Crippen molar-refractivity contribution in [2.75, 3.05) is 6.54 Å². The second-order valence-corrected chi connectivity index (χ2v) is 3.05. The number of rotatable bonds is 5. The molecule has 0 spiro atoms. The molecule has 0 fully saturated rings. The summed E-state index contributed by atoms with van der Waals surface area (Å²) in [6, 6.07) is 0.676. The third-order valence-corrected chi connectivity index (χ3v) is 1.76. The minimum Gasteiger partial charge on any atom is -0.315 e. The average Bonchev–Trinajstić information content (AvgIpc) is 1.87. The predicted octanol–water partition coefficient (Wildman–Crippen LogP) is 1.79. The minimum absolute atomic E-state index is 0.676. The summed E-state index contributed by atoms with van der Waals surface area (Å²) in [6.45, 7) is 9.88. The quantitative estimate of drug-likeness (QED) is 0.574. The van der Waals surface area contributed by atoms with Gasteiger partial charge in [0.1, 0.15) is 7.28 Å². The first-order valence-corrected chi connectivity index (χ1v) is 4.23. The Bertz CT molecular complexity index is 67.7. The molecule has 0 saturated heterocycles. The van der Waals surface area contributed by atoms with Crippen LogP contribution in [0.1, 0.15) is 20.8 Å². The second kappa shape index (κ2) is 5.78. The van der Waals surface area contributed by atoms with Crippen molar-refractivity contribution in [3.8, 4) is 0 Å². The van der Waals surface area contributed by atoms with E-state index in [4.69, 9.17) is 0 Å². The van der Waals surface area contributed by atoms with E-state index in [9.17, 15) is 0 Å². The average molecular weight is 140 g/mol. The lowest BCUT2D eigenvalue weighted by molar-refractivity contribution is 0.436. The molecule has 1 N–H and O–H groups in total. The molecule has 0 aliphatic rings. The van der Waals surface area contributed by atoms with Gasteiger partial charge in [-0.05, 0) is 12.5 Å². The molecule has 0 aromatic heterocycles. The van der Waals surface area contributed by atoms with Crippen molar-refractivity contribution >= 4 is 7.28 Å². The molecule has 0 rings (SSSR count). The molecular formula is C8H19BN. The van der Waals surface area contributed by atoms with Gasteiger partial charge in [0.05, 0.1) is 0 Å². The topological polar surface area (TPSA) is 12.0 Å². The Morgan fingerprint density at radius 2 is 2.00 bits per heavy atom. The van der Waals surface area contributed by atoms with Crippen LogP contribution in [0.15, 0.2) is 0 Å². The van der Waals surface area contributed by atoms with Crippen molar-refractivity contribution in [2.45, 2.75) is 40.0 Å². The summed E-state index contributed by atoms with van der Waals surface area (Å²) in [5.41, 5.74) is 0. The van der Waals surface area contributed by atoms with E-state index in [2.05, 4.69) is 40.2 Å². The van der Waals surface area contributed by atoms with Gasteiger partial charge in [-0.1, -0.05) is 33.9 Å². The van der Waals surface area contributed by atoms with Crippen LogP contribution in [0.25, 0.3) is 0 Å². The van der Waals surface area contributed by atoms with Crippen LogP contribution in [0.5, 0.6) is 0 Å². The molecule has 2 heteroatoms. The van der Waals surface area contributed by atoms with Crippen molar-refractivity contribution in [3.05, 3.63) is 0 Å². The zero-order valence-electron chi connectivity index (χ0n) is 7.65. The van der Waals surface area contributed by atoms with E-state index in [1.165, 1.54) is 6.32 Å². The summed E-state index contributed by atoms with van der Waals surface area (Å²) in [5.74, 6) is 0.746. The Hall–Kier alpha value is 0.0249. The van der Waals surface area contributed by atoms with Gasteiger partial charge in [0.15, 0.2) is 0 Å². The van der Waals surface area contributed by atoms with Crippen molar-refractivity contribution in [1.29, 1.82) is 0 Å². The largest absolute Gasteiger partial charge is 0.315 e. The van der Waals surface area contributed by atoms with Gasteiger partial charge < -0.3 is 5.32 Å². The van der Waals surface area contributed by atoms with Crippen molar-refractivity contribution in [3.63, 3.8) is 0 Å². The molecule has 0 saturated carbocycles. The van der Waals surface area contributed by atoms with E-state index in [1.807, 2.05) is 0 Å². The van der Waals surface area contributed by atoms with Crippen LogP contribution in [0.3, 0.4) is 0 Å². The summed E-state index contributed by atoms with van der Waals surface area (Å²) in [7, 11) is 2.23. The Labute approximate surface area is 65.8 Å². The van der Waals surface area contributed by atoms with E-state index in [1.54, 1.807) is 0 Å². The molecule has 0 amide bonds. The predicted molar refractivity (Wildman–Crippen MR) is 48.7 cm³/mol. The molecule has 1 nitrogen and oxygen atoms in total. The minimum atomic E-state index is 0.676. The van der Waals surface area contributed by atoms with Gasteiger partial charge in [0, 0.05) is 6.04 Å². The van der Waals surface area contributed by atoms with Crippen LogP contribution in [0.2, 0.25) is 13.1 Å². The molecular weight excluding hydrogens is 121 g/mol. The van der Waals surface area contributed by atoms with Crippen LogP contribution in [0.4, 0.5) is 0 Å². The van der Waals surface area contributed by atoms with Crippen LogP contribution in [-0.2, 0) is 0 Å². The zero-order valence-corrected chi connectivity index (χ0v) is 7.65. The normalized spacial score (nSPS) is 13.7. The van der Waals surface area contributed by atoms with Crippen LogP contribution in [0, 0.1) is 5.92 Å². The van der Waals surface area contributed by atoms with Crippen LogP contribution < -0.4 is 5.32 Å². The molecule has 0 aromatic carbocycles. The monoisotopic (exact) mass is 140 g/mol. The summed E-state index contributed by atoms with van der Waals surface area (Å²) >= 11 is 0. The van der Waals surface area contributed by atoms with Crippen LogP contribution >= 0.6 is 0 Å². The van der Waals surface area contributed by atoms with Crippen molar-refractivity contribution < 1.29 is 0 Å². The molecule has 0 aliphatic heterocycles. The maximum atomic E-state index is 3.45. The summed E-state index contributed by atoms with van der Waals surface area (Å²) in [6.07, 6.45) is 1.19. The lowest BCUT2D eigenvalue weighted by Gasteiger charge is -2.20. The zero-order chi connectivity index (χ0) is 7.98. The molecule has 0 aliphatic carbocycles. The first kappa shape index (κ1) is 10.0. The highest BCUT2D eigenvalue weighted by Crippen LogP contribution is 2.05. The molecule has 59 valence electrons. The summed E-state index contributed by atoms with van der Waals surface area (Å²) in [4.78, 5) is 0. The van der Waals surface area contributed by atoms with Crippen LogP contribution in [-0.4, -0.2) is 19.9 Å². The Morgan fingerprint density at radius 3 is 2.30 bits per heavy atom. The fraction of sp³-hybridized carbons (Fsp3) is 1.00. The molecule has 1 radical (unpaired) electrons. The Balaban J connectivity index is 3.50. The molecule has 1 unspecified atom stereocenters. The first-order valence-electron chi connectivity index (χ1n) is 4.23. The molecule has 0 bridgehead atoms. The van der Waals surface area contributed by atoms with Gasteiger partial charge in [-0.3, -0.25) is 0 Å². The van der Waals surface area contributed by atoms with E-state index in [0.717, 1.165) is 12.5 Å². The van der Waals surface area contributed by atoms with Gasteiger partial charge >= 0.3 is 0 Å². The highest BCUT2D eigenvalue weighted by Gasteiger charge is 2.09. The van der Waals surface area contributed by atoms with Crippen molar-refractivity contribution in [1.82, 2.24) is 5.32 Å². The molecule has 1 atom stereocenters. The number of nitrogens with one attached hydrogen (secondary N) is 1. The second-order valence-electron chi connectivity index (χ2n) is 3.05. The third-order valence-electron chi connectivity index (χ3n) is 1.76. The number of hydrogen-bond donors (Lipinski definition) is 1. The van der Waals surface area contributed by atoms with E-state index in [0.29, 0.717) is 6.04 Å². The van der Waals surface area contributed by atoms with Gasteiger partial charge in [0.25, 0.3) is 0 Å². The van der Waals surface area contributed by atoms with Gasteiger partial charge in [0.2, 0.25) is 0 Å². The lowest BCUT2D eigenvalue weighted by atomic mass is 9.72. The Kier molecular flexibility index (Phi) is 5.80. The maximum Gasteiger partial charge on any atom is 0.107 e.